The van der Waals surface area contributed by atoms with E-state index in [2.05, 4.69) is 0 Å². The molecule has 11 heteroatoms. The van der Waals surface area contributed by atoms with Gasteiger partial charge in [-0.3, -0.25) is 0 Å². The van der Waals surface area contributed by atoms with E-state index < -0.39 is 23.9 Å². The van der Waals surface area contributed by atoms with Crippen molar-refractivity contribution in [1.82, 2.24) is 10.0 Å². The van der Waals surface area contributed by atoms with Crippen LogP contribution < -0.4 is 0 Å². The Hall–Kier alpha value is -2.59. The molecule has 0 heterocycles. The zero-order valence-corrected chi connectivity index (χ0v) is 24.6. The topological polar surface area (TPSA) is 74.8 Å². The summed E-state index contributed by atoms with van der Waals surface area (Å²) in [6.07, 6.45) is 1.53. The second kappa shape index (κ2) is 12.5. The van der Waals surface area contributed by atoms with Crippen molar-refractivity contribution in [3.05, 3.63) is 122 Å². The van der Waals surface area contributed by atoms with Gasteiger partial charge in [-0.1, -0.05) is 102 Å². The molecule has 0 N–H and O–H groups in total. The van der Waals surface area contributed by atoms with Crippen molar-refractivity contribution in [2.45, 2.75) is 9.79 Å². The fourth-order valence-electron chi connectivity index (χ4n) is 3.48. The molecule has 0 aliphatic rings. The van der Waals surface area contributed by atoms with Crippen LogP contribution in [0.25, 0.3) is 6.08 Å². The van der Waals surface area contributed by atoms with Crippen molar-refractivity contribution < 1.29 is 16.8 Å². The van der Waals surface area contributed by atoms with Gasteiger partial charge in [-0.05, 0) is 35.9 Å². The molecule has 38 heavy (non-hydrogen) atoms. The minimum atomic E-state index is -4.67. The molecule has 0 atom stereocenters. The van der Waals surface area contributed by atoms with Crippen molar-refractivity contribution in [2.24, 2.45) is 0 Å². The van der Waals surface area contributed by atoms with Gasteiger partial charge in [-0.25, -0.2) is 21.8 Å². The van der Waals surface area contributed by atoms with Crippen LogP contribution in [0.1, 0.15) is 5.56 Å². The molecule has 0 aliphatic heterocycles. The van der Waals surface area contributed by atoms with E-state index in [1.165, 1.54) is 71.7 Å². The van der Waals surface area contributed by atoms with Crippen molar-refractivity contribution in [1.29, 1.82) is 0 Å². The summed E-state index contributed by atoms with van der Waals surface area (Å²) in [5, 5.41) is 2.65. The molecule has 0 saturated heterocycles. The summed E-state index contributed by atoms with van der Waals surface area (Å²) in [5.41, 5.74) is 0.354. The lowest BCUT2D eigenvalue weighted by molar-refractivity contribution is 0.102. The lowest BCUT2D eigenvalue weighted by Gasteiger charge is -2.32. The molecule has 0 spiro atoms. The molecule has 0 amide bonds. The third kappa shape index (κ3) is 6.51. The number of hydrazine groups is 1. The number of halogens is 3. The van der Waals surface area contributed by atoms with Gasteiger partial charge in [0.25, 0.3) is 0 Å². The van der Waals surface area contributed by atoms with Crippen LogP contribution in [0, 0.1) is 0 Å². The SMILES string of the molecule is CN(C)N(C)C(=C(S(=O)(=O)c1ccccc1)S(=O)(=O)c1ccccc1)/C(=C/c1ccccc1)C(Cl)=C(Cl)Cl. The van der Waals surface area contributed by atoms with E-state index in [-0.39, 0.29) is 30.6 Å². The van der Waals surface area contributed by atoms with Gasteiger partial charge in [0, 0.05) is 26.7 Å². The van der Waals surface area contributed by atoms with Gasteiger partial charge < -0.3 is 5.01 Å². The smallest absolute Gasteiger partial charge is 0.220 e. The number of rotatable bonds is 9. The maximum atomic E-state index is 14.2. The fraction of sp³-hybridized carbons (Fsp3) is 0.111. The van der Waals surface area contributed by atoms with Gasteiger partial charge in [0.2, 0.25) is 19.7 Å². The lowest BCUT2D eigenvalue weighted by Crippen LogP contribution is -2.36. The Morgan fingerprint density at radius 2 is 1.05 bits per heavy atom. The predicted molar refractivity (Wildman–Crippen MR) is 155 cm³/mol. The molecule has 0 aromatic heterocycles. The van der Waals surface area contributed by atoms with E-state index in [1.807, 2.05) is 0 Å². The molecule has 0 aliphatic carbocycles. The number of benzene rings is 3. The Kier molecular flexibility index (Phi) is 9.86. The van der Waals surface area contributed by atoms with Crippen molar-refractivity contribution >= 4 is 60.6 Å². The molecule has 0 fully saturated rings. The quantitative estimate of drug-likeness (QED) is 0.204. The first-order valence-corrected chi connectivity index (χ1v) is 15.2. The van der Waals surface area contributed by atoms with E-state index in [0.717, 1.165) is 0 Å². The van der Waals surface area contributed by atoms with Crippen LogP contribution >= 0.6 is 34.8 Å². The number of sulfone groups is 2. The monoisotopic (exact) mass is 610 g/mol. The minimum Gasteiger partial charge on any atom is -0.307 e. The second-order valence-electron chi connectivity index (χ2n) is 8.18. The number of hydrogen-bond donors (Lipinski definition) is 0. The zero-order chi connectivity index (χ0) is 28.1. The standard InChI is InChI=1S/C27H25Cl3N2O4S2/c1-31(2)32(3)25(23(24(28)26(29)30)19-20-13-7-4-8-14-20)27(37(33,34)21-15-9-5-10-16-21)38(35,36)22-17-11-6-12-18-22/h4-19H,1-3H3/b23-19+. The minimum absolute atomic E-state index is 0.0110. The average Bonchev–Trinajstić information content (AvgIpc) is 2.91. The first-order chi connectivity index (χ1) is 17.9. The van der Waals surface area contributed by atoms with E-state index in [9.17, 15) is 16.8 Å². The molecule has 0 saturated carbocycles. The molecule has 6 nitrogen and oxygen atoms in total. The molecular formula is C27H25Cl3N2O4S2. The third-order valence-electron chi connectivity index (χ3n) is 5.48. The molecule has 3 rings (SSSR count). The zero-order valence-electron chi connectivity index (χ0n) is 20.7. The summed E-state index contributed by atoms with van der Waals surface area (Å²) in [6.45, 7) is 0. The van der Waals surface area contributed by atoms with Gasteiger partial charge in [0.1, 0.15) is 4.49 Å². The summed E-state index contributed by atoms with van der Waals surface area (Å²) in [6, 6.07) is 23.5. The van der Waals surface area contributed by atoms with Gasteiger partial charge >= 0.3 is 0 Å². The Morgan fingerprint density at radius 3 is 1.42 bits per heavy atom. The first-order valence-electron chi connectivity index (χ1n) is 11.1. The van der Waals surface area contributed by atoms with E-state index in [1.54, 1.807) is 56.6 Å². The lowest BCUT2D eigenvalue weighted by atomic mass is 10.1. The predicted octanol–water partition coefficient (Wildman–Crippen LogP) is 6.48. The van der Waals surface area contributed by atoms with Gasteiger partial charge in [-0.15, -0.1) is 0 Å². The highest BCUT2D eigenvalue weighted by Crippen LogP contribution is 2.40. The number of allylic oxidation sites excluding steroid dienone is 1. The molecule has 200 valence electrons. The van der Waals surface area contributed by atoms with Crippen LogP contribution in [0.15, 0.2) is 126 Å². The molecule has 0 unspecified atom stereocenters. The second-order valence-corrected chi connectivity index (χ2v) is 13.5. The van der Waals surface area contributed by atoms with Crippen LogP contribution in [0.2, 0.25) is 0 Å². The van der Waals surface area contributed by atoms with Crippen molar-refractivity contribution in [3.8, 4) is 0 Å². The normalized spacial score (nSPS) is 12.2. The maximum Gasteiger partial charge on any atom is 0.220 e. The maximum absolute atomic E-state index is 14.2. The van der Waals surface area contributed by atoms with E-state index in [4.69, 9.17) is 34.8 Å². The third-order valence-corrected chi connectivity index (χ3v) is 10.9. The molecule has 3 aromatic carbocycles. The summed E-state index contributed by atoms with van der Waals surface area (Å²) in [4.78, 5) is -0.425. The summed E-state index contributed by atoms with van der Waals surface area (Å²) in [5.74, 6) is 0. The molecule has 0 radical (unpaired) electrons. The van der Waals surface area contributed by atoms with Crippen LogP contribution in [-0.2, 0) is 19.7 Å². The Labute approximate surface area is 238 Å². The largest absolute Gasteiger partial charge is 0.307 e. The van der Waals surface area contributed by atoms with Gasteiger partial charge in [-0.2, -0.15) is 0 Å². The highest BCUT2D eigenvalue weighted by atomic mass is 35.5. The summed E-state index contributed by atoms with van der Waals surface area (Å²) in [7, 11) is -4.56. The first kappa shape index (κ1) is 30.0. The van der Waals surface area contributed by atoms with Crippen LogP contribution in [0.4, 0.5) is 0 Å². The van der Waals surface area contributed by atoms with Gasteiger partial charge in [0.05, 0.1) is 20.5 Å². The Balaban J connectivity index is 2.63. The summed E-state index contributed by atoms with van der Waals surface area (Å²) >= 11 is 18.8. The summed E-state index contributed by atoms with van der Waals surface area (Å²) < 4.78 is 55.7. The fourth-order valence-corrected chi connectivity index (χ4v) is 8.01. The number of hydrogen-bond acceptors (Lipinski definition) is 6. The number of likely N-dealkylation sites (N-methyl/N-ethyl adjacent to an activating group) is 1. The van der Waals surface area contributed by atoms with Crippen LogP contribution in [0.5, 0.6) is 0 Å². The Morgan fingerprint density at radius 1 is 0.658 bits per heavy atom. The van der Waals surface area contributed by atoms with Gasteiger partial charge in [0.15, 0.2) is 4.24 Å². The highest BCUT2D eigenvalue weighted by molar-refractivity contribution is 8.14. The highest BCUT2D eigenvalue weighted by Gasteiger charge is 2.40. The Bertz CT molecular complexity index is 1510. The van der Waals surface area contributed by atoms with Crippen molar-refractivity contribution in [3.63, 3.8) is 0 Å². The molecule has 3 aromatic rings. The van der Waals surface area contributed by atoms with Crippen molar-refractivity contribution in [2.75, 3.05) is 21.1 Å². The molecular weight excluding hydrogens is 587 g/mol. The van der Waals surface area contributed by atoms with Crippen LogP contribution in [-0.4, -0.2) is 48.0 Å². The van der Waals surface area contributed by atoms with E-state index >= 15 is 0 Å². The molecule has 0 bridgehead atoms. The van der Waals surface area contributed by atoms with E-state index in [0.29, 0.717) is 5.56 Å². The van der Waals surface area contributed by atoms with Crippen LogP contribution in [0.3, 0.4) is 0 Å². The number of nitrogens with zero attached hydrogens (tertiary/aromatic N) is 2. The average molecular weight is 612 g/mol.